The molecule has 0 saturated carbocycles. The van der Waals surface area contributed by atoms with Crippen LogP contribution in [0.4, 0.5) is 22.0 Å². The number of amides is 3. The van der Waals surface area contributed by atoms with Gasteiger partial charge in [-0.05, 0) is 42.5 Å². The van der Waals surface area contributed by atoms with Crippen LogP contribution in [0.1, 0.15) is 10.4 Å². The Balaban J connectivity index is 1.65. The van der Waals surface area contributed by atoms with Crippen molar-refractivity contribution in [2.75, 3.05) is 16.0 Å². The molecular weight excluding hydrogens is 396 g/mol. The molecule has 130 valence electrons. The Morgan fingerprint density at radius 2 is 1.58 bits per heavy atom. The highest BCUT2D eigenvalue weighted by Crippen LogP contribution is 2.15. The molecule has 0 aliphatic rings. The van der Waals surface area contributed by atoms with E-state index >= 15 is 0 Å². The van der Waals surface area contributed by atoms with Crippen molar-refractivity contribution in [2.45, 2.75) is 0 Å². The summed E-state index contributed by atoms with van der Waals surface area (Å²) in [5.41, 5.74) is 1.64. The highest BCUT2D eigenvalue weighted by molar-refractivity contribution is 9.10. The monoisotopic (exact) mass is 410 g/mol. The van der Waals surface area contributed by atoms with Gasteiger partial charge in [-0.1, -0.05) is 40.2 Å². The summed E-state index contributed by atoms with van der Waals surface area (Å²) in [6.45, 7) is 0. The van der Waals surface area contributed by atoms with E-state index in [1.54, 1.807) is 54.7 Å². The van der Waals surface area contributed by atoms with Gasteiger partial charge in [0.05, 0.1) is 0 Å². The molecule has 0 unspecified atom stereocenters. The minimum atomic E-state index is -0.448. The van der Waals surface area contributed by atoms with Gasteiger partial charge >= 0.3 is 6.03 Å². The summed E-state index contributed by atoms with van der Waals surface area (Å²) in [6, 6.07) is 18.8. The minimum Gasteiger partial charge on any atom is -0.322 e. The third kappa shape index (κ3) is 4.90. The number of hydrogen-bond donors (Lipinski definition) is 3. The van der Waals surface area contributed by atoms with Crippen LogP contribution in [0.3, 0.4) is 0 Å². The Labute approximate surface area is 158 Å². The molecule has 1 heterocycles. The van der Waals surface area contributed by atoms with Crippen molar-refractivity contribution in [1.29, 1.82) is 0 Å². The average molecular weight is 411 g/mol. The second-order valence-corrected chi connectivity index (χ2v) is 6.26. The second-order valence-electron chi connectivity index (χ2n) is 5.34. The van der Waals surface area contributed by atoms with E-state index in [1.165, 1.54) is 0 Å². The van der Waals surface area contributed by atoms with Crippen molar-refractivity contribution in [2.24, 2.45) is 0 Å². The number of pyridine rings is 1. The zero-order chi connectivity index (χ0) is 18.4. The van der Waals surface area contributed by atoms with Crippen molar-refractivity contribution >= 4 is 45.1 Å². The lowest BCUT2D eigenvalue weighted by Gasteiger charge is -2.09. The first-order valence-corrected chi connectivity index (χ1v) is 8.55. The SMILES string of the molecule is O=C(Nc1cccc(C(=O)Nc2ccccc2)c1)Nc1cc(Br)ccn1. The van der Waals surface area contributed by atoms with E-state index in [1.807, 2.05) is 18.2 Å². The van der Waals surface area contributed by atoms with Crippen LogP contribution in [-0.4, -0.2) is 16.9 Å². The van der Waals surface area contributed by atoms with Gasteiger partial charge in [0.15, 0.2) is 0 Å². The second kappa shape index (κ2) is 8.26. The molecular formula is C19H15BrN4O2. The van der Waals surface area contributed by atoms with Crippen LogP contribution in [0.25, 0.3) is 0 Å². The first-order chi connectivity index (χ1) is 12.6. The number of aromatic nitrogens is 1. The van der Waals surface area contributed by atoms with Crippen molar-refractivity contribution < 1.29 is 9.59 Å². The predicted molar refractivity (Wildman–Crippen MR) is 105 cm³/mol. The van der Waals surface area contributed by atoms with Gasteiger partial charge in [0.25, 0.3) is 5.91 Å². The molecule has 3 rings (SSSR count). The van der Waals surface area contributed by atoms with Crippen LogP contribution in [0.2, 0.25) is 0 Å². The molecule has 3 aromatic rings. The van der Waals surface area contributed by atoms with Crippen LogP contribution in [-0.2, 0) is 0 Å². The molecule has 26 heavy (non-hydrogen) atoms. The van der Waals surface area contributed by atoms with E-state index in [2.05, 4.69) is 36.9 Å². The van der Waals surface area contributed by atoms with E-state index in [-0.39, 0.29) is 5.91 Å². The number of nitrogens with zero attached hydrogens (tertiary/aromatic N) is 1. The summed E-state index contributed by atoms with van der Waals surface area (Å²) < 4.78 is 0.808. The smallest absolute Gasteiger partial charge is 0.322 e. The highest BCUT2D eigenvalue weighted by atomic mass is 79.9. The number of para-hydroxylation sites is 1. The number of carbonyl (C=O) groups is 2. The lowest BCUT2D eigenvalue weighted by molar-refractivity contribution is 0.102. The maximum absolute atomic E-state index is 12.3. The van der Waals surface area contributed by atoms with Gasteiger partial charge in [-0.3, -0.25) is 10.1 Å². The first-order valence-electron chi connectivity index (χ1n) is 7.76. The van der Waals surface area contributed by atoms with E-state index in [4.69, 9.17) is 0 Å². The Hall–Kier alpha value is -3.19. The molecule has 0 atom stereocenters. The van der Waals surface area contributed by atoms with Crippen LogP contribution < -0.4 is 16.0 Å². The summed E-state index contributed by atoms with van der Waals surface area (Å²) in [4.78, 5) is 28.5. The molecule has 3 N–H and O–H groups in total. The van der Waals surface area contributed by atoms with Gasteiger partial charge in [-0.15, -0.1) is 0 Å². The summed E-state index contributed by atoms with van der Waals surface area (Å²) in [7, 11) is 0. The van der Waals surface area contributed by atoms with Crippen molar-refractivity contribution in [3.8, 4) is 0 Å². The van der Waals surface area contributed by atoms with E-state index in [9.17, 15) is 9.59 Å². The molecule has 0 radical (unpaired) electrons. The lowest BCUT2D eigenvalue weighted by Crippen LogP contribution is -2.20. The van der Waals surface area contributed by atoms with Crippen molar-refractivity contribution in [3.05, 3.63) is 83.0 Å². The Kier molecular flexibility index (Phi) is 5.60. The number of hydrogen-bond acceptors (Lipinski definition) is 3. The largest absolute Gasteiger partial charge is 0.324 e. The fourth-order valence-electron chi connectivity index (χ4n) is 2.21. The number of nitrogens with one attached hydrogen (secondary N) is 3. The Morgan fingerprint density at radius 3 is 2.35 bits per heavy atom. The van der Waals surface area contributed by atoms with Crippen molar-refractivity contribution in [3.63, 3.8) is 0 Å². The molecule has 6 nitrogen and oxygen atoms in total. The molecule has 0 aliphatic carbocycles. The van der Waals surface area contributed by atoms with Gasteiger partial charge < -0.3 is 10.6 Å². The normalized spacial score (nSPS) is 10.0. The quantitative estimate of drug-likeness (QED) is 0.580. The molecule has 0 saturated heterocycles. The number of carbonyl (C=O) groups excluding carboxylic acids is 2. The van der Waals surface area contributed by atoms with Crippen LogP contribution in [0.15, 0.2) is 77.4 Å². The molecule has 3 amide bonds. The molecule has 0 bridgehead atoms. The van der Waals surface area contributed by atoms with Crippen LogP contribution >= 0.6 is 15.9 Å². The Morgan fingerprint density at radius 1 is 0.808 bits per heavy atom. The van der Waals surface area contributed by atoms with Gasteiger partial charge in [0, 0.05) is 27.6 Å². The maximum Gasteiger partial charge on any atom is 0.324 e. The molecule has 7 heteroatoms. The summed E-state index contributed by atoms with van der Waals surface area (Å²) in [5, 5.41) is 8.11. The third-order valence-electron chi connectivity index (χ3n) is 3.38. The topological polar surface area (TPSA) is 83.1 Å². The third-order valence-corrected chi connectivity index (χ3v) is 3.87. The summed E-state index contributed by atoms with van der Waals surface area (Å²) >= 11 is 3.32. The number of anilines is 3. The zero-order valence-corrected chi connectivity index (χ0v) is 15.2. The number of benzene rings is 2. The predicted octanol–water partition coefficient (Wildman–Crippen LogP) is 4.74. The van der Waals surface area contributed by atoms with E-state index in [0.717, 1.165) is 4.47 Å². The average Bonchev–Trinajstić information content (AvgIpc) is 2.62. The van der Waals surface area contributed by atoms with Gasteiger partial charge in [-0.25, -0.2) is 9.78 Å². The maximum atomic E-state index is 12.3. The van der Waals surface area contributed by atoms with Gasteiger partial charge in [-0.2, -0.15) is 0 Å². The number of rotatable bonds is 4. The number of halogens is 1. The molecule has 0 aliphatic heterocycles. The molecule has 0 fully saturated rings. The number of urea groups is 1. The van der Waals surface area contributed by atoms with Crippen LogP contribution in [0.5, 0.6) is 0 Å². The minimum absolute atomic E-state index is 0.256. The van der Waals surface area contributed by atoms with E-state index < -0.39 is 6.03 Å². The fraction of sp³-hybridized carbons (Fsp3) is 0. The van der Waals surface area contributed by atoms with E-state index in [0.29, 0.717) is 22.8 Å². The fourth-order valence-corrected chi connectivity index (χ4v) is 2.55. The van der Waals surface area contributed by atoms with Gasteiger partial charge in [0.1, 0.15) is 5.82 Å². The summed E-state index contributed by atoms with van der Waals surface area (Å²) in [5.74, 6) is 0.156. The lowest BCUT2D eigenvalue weighted by atomic mass is 10.2. The Bertz CT molecular complexity index is 932. The first kappa shape index (κ1) is 17.6. The van der Waals surface area contributed by atoms with Crippen molar-refractivity contribution in [1.82, 2.24) is 4.98 Å². The van der Waals surface area contributed by atoms with Gasteiger partial charge in [0.2, 0.25) is 0 Å². The summed E-state index contributed by atoms with van der Waals surface area (Å²) in [6.07, 6.45) is 1.58. The molecule has 2 aromatic carbocycles. The highest BCUT2D eigenvalue weighted by Gasteiger charge is 2.09. The standard InChI is InChI=1S/C19H15BrN4O2/c20-14-9-10-21-17(12-14)24-19(26)23-16-8-4-5-13(11-16)18(25)22-15-6-2-1-3-7-15/h1-12H,(H,22,25)(H2,21,23,24,26). The van der Waals surface area contributed by atoms with Crippen LogP contribution in [0, 0.1) is 0 Å². The molecule has 0 spiro atoms. The zero-order valence-electron chi connectivity index (χ0n) is 13.6. The molecule has 1 aromatic heterocycles.